The van der Waals surface area contributed by atoms with E-state index in [1.807, 2.05) is 13.8 Å². The summed E-state index contributed by atoms with van der Waals surface area (Å²) in [6, 6.07) is -0.618. The van der Waals surface area contributed by atoms with Crippen LogP contribution in [0.3, 0.4) is 0 Å². The molecule has 5 amide bonds. The molecule has 1 saturated carbocycles. The molecule has 1 heterocycles. The normalized spacial score (nSPS) is 24.1. The second kappa shape index (κ2) is 9.52. The molecule has 1 aliphatic carbocycles. The van der Waals surface area contributed by atoms with Crippen LogP contribution in [0.5, 0.6) is 0 Å². The Morgan fingerprint density at radius 1 is 1.21 bits per heavy atom. The molecule has 1 spiro atoms. The van der Waals surface area contributed by atoms with Crippen molar-refractivity contribution in [1.29, 1.82) is 0 Å². The molecule has 28 heavy (non-hydrogen) atoms. The van der Waals surface area contributed by atoms with E-state index in [1.54, 1.807) is 0 Å². The number of esters is 1. The summed E-state index contributed by atoms with van der Waals surface area (Å²) in [7, 11) is 0. The van der Waals surface area contributed by atoms with E-state index in [9.17, 15) is 24.0 Å². The molecule has 2 atom stereocenters. The standard InChI is InChI=1S/C18H28N4O6/c1-3-8-19-13(23)9-20-14(24)11-28-15(25)10-22-16(26)18(21-17(22)27)7-5-4-6-12(18)2/h12H,3-11H2,1-2H3,(H,19,23)(H,20,24)(H,21,27)/t12-,18+/m1/s1. The molecule has 0 aromatic heterocycles. The number of nitrogens with one attached hydrogen (secondary N) is 3. The smallest absolute Gasteiger partial charge is 0.326 e. The van der Waals surface area contributed by atoms with Crippen molar-refractivity contribution in [1.82, 2.24) is 20.9 Å². The average Bonchev–Trinajstić information content (AvgIpc) is 2.90. The lowest BCUT2D eigenvalue weighted by Crippen LogP contribution is -2.54. The van der Waals surface area contributed by atoms with Crippen LogP contribution >= 0.6 is 0 Å². The van der Waals surface area contributed by atoms with E-state index in [0.29, 0.717) is 13.0 Å². The fraction of sp³-hybridized carbons (Fsp3) is 0.722. The second-order valence-corrected chi connectivity index (χ2v) is 7.23. The molecular weight excluding hydrogens is 368 g/mol. The summed E-state index contributed by atoms with van der Waals surface area (Å²) >= 11 is 0. The fourth-order valence-corrected chi connectivity index (χ4v) is 3.52. The van der Waals surface area contributed by atoms with Crippen molar-refractivity contribution < 1.29 is 28.7 Å². The van der Waals surface area contributed by atoms with Crippen LogP contribution in [-0.2, 0) is 23.9 Å². The molecule has 2 rings (SSSR count). The quantitative estimate of drug-likeness (QED) is 0.380. The molecular formula is C18H28N4O6. The van der Waals surface area contributed by atoms with Gasteiger partial charge < -0.3 is 20.7 Å². The monoisotopic (exact) mass is 396 g/mol. The lowest BCUT2D eigenvalue weighted by molar-refractivity contribution is -0.151. The molecule has 156 valence electrons. The van der Waals surface area contributed by atoms with Gasteiger partial charge in [-0.15, -0.1) is 0 Å². The highest BCUT2D eigenvalue weighted by atomic mass is 16.5. The van der Waals surface area contributed by atoms with Crippen molar-refractivity contribution in [3.63, 3.8) is 0 Å². The lowest BCUT2D eigenvalue weighted by Gasteiger charge is -2.36. The summed E-state index contributed by atoms with van der Waals surface area (Å²) in [6.07, 6.45) is 3.99. The van der Waals surface area contributed by atoms with Gasteiger partial charge in [0.05, 0.1) is 6.54 Å². The zero-order valence-electron chi connectivity index (χ0n) is 16.3. The van der Waals surface area contributed by atoms with Crippen LogP contribution in [0, 0.1) is 5.92 Å². The third-order valence-corrected chi connectivity index (χ3v) is 5.17. The summed E-state index contributed by atoms with van der Waals surface area (Å²) < 4.78 is 4.82. The minimum absolute atomic E-state index is 0.0108. The van der Waals surface area contributed by atoms with Crippen molar-refractivity contribution in [3.8, 4) is 0 Å². The van der Waals surface area contributed by atoms with E-state index >= 15 is 0 Å². The first-order valence-electron chi connectivity index (χ1n) is 9.63. The zero-order chi connectivity index (χ0) is 20.7. The molecule has 0 aromatic rings. The summed E-state index contributed by atoms with van der Waals surface area (Å²) in [6.45, 7) is 2.97. The maximum Gasteiger partial charge on any atom is 0.326 e. The second-order valence-electron chi connectivity index (χ2n) is 7.23. The van der Waals surface area contributed by atoms with E-state index in [-0.39, 0.29) is 18.4 Å². The number of ether oxygens (including phenoxy) is 1. The summed E-state index contributed by atoms with van der Waals surface area (Å²) in [4.78, 5) is 60.8. The van der Waals surface area contributed by atoms with Gasteiger partial charge in [0.15, 0.2) is 6.61 Å². The lowest BCUT2D eigenvalue weighted by atomic mass is 9.73. The van der Waals surface area contributed by atoms with Crippen LogP contribution in [0.4, 0.5) is 4.79 Å². The molecule has 0 aromatic carbocycles. The number of imide groups is 1. The Bertz CT molecular complexity index is 652. The van der Waals surface area contributed by atoms with Crippen LogP contribution in [0.1, 0.15) is 46.0 Å². The molecule has 0 bridgehead atoms. The van der Waals surface area contributed by atoms with E-state index in [0.717, 1.165) is 30.6 Å². The Morgan fingerprint density at radius 3 is 2.64 bits per heavy atom. The Hall–Kier alpha value is -2.65. The summed E-state index contributed by atoms with van der Waals surface area (Å²) in [5.74, 6) is -2.28. The number of hydrogen-bond acceptors (Lipinski definition) is 6. The first-order valence-corrected chi connectivity index (χ1v) is 9.63. The Labute approximate surface area is 163 Å². The number of rotatable bonds is 8. The number of carbonyl (C=O) groups is 5. The van der Waals surface area contributed by atoms with E-state index in [1.165, 1.54) is 0 Å². The minimum Gasteiger partial charge on any atom is -0.454 e. The Morgan fingerprint density at radius 2 is 1.96 bits per heavy atom. The van der Waals surface area contributed by atoms with Gasteiger partial charge in [-0.25, -0.2) is 4.79 Å². The highest BCUT2D eigenvalue weighted by Gasteiger charge is 2.55. The van der Waals surface area contributed by atoms with Crippen LogP contribution < -0.4 is 16.0 Å². The molecule has 2 aliphatic rings. The molecule has 10 heteroatoms. The van der Waals surface area contributed by atoms with E-state index in [4.69, 9.17) is 4.74 Å². The minimum atomic E-state index is -0.946. The van der Waals surface area contributed by atoms with Crippen molar-refractivity contribution in [2.45, 2.75) is 51.5 Å². The van der Waals surface area contributed by atoms with E-state index < -0.39 is 42.5 Å². The van der Waals surface area contributed by atoms with Crippen molar-refractivity contribution in [3.05, 3.63) is 0 Å². The van der Waals surface area contributed by atoms with Crippen molar-refractivity contribution in [2.75, 3.05) is 26.2 Å². The highest BCUT2D eigenvalue weighted by Crippen LogP contribution is 2.38. The Kier molecular flexibility index (Phi) is 7.36. The topological polar surface area (TPSA) is 134 Å². The molecule has 0 radical (unpaired) electrons. The SMILES string of the molecule is CCCNC(=O)CNC(=O)COC(=O)CN1C(=O)N[C@]2(CCCC[C@H]2C)C1=O. The number of nitrogens with zero attached hydrogens (tertiary/aromatic N) is 1. The van der Waals surface area contributed by atoms with Gasteiger partial charge in [0.1, 0.15) is 12.1 Å². The van der Waals surface area contributed by atoms with Crippen molar-refractivity contribution in [2.24, 2.45) is 5.92 Å². The van der Waals surface area contributed by atoms with Gasteiger partial charge in [0.25, 0.3) is 11.8 Å². The summed E-state index contributed by atoms with van der Waals surface area (Å²) in [5, 5.41) is 7.66. The zero-order valence-corrected chi connectivity index (χ0v) is 16.3. The average molecular weight is 396 g/mol. The van der Waals surface area contributed by atoms with Gasteiger partial charge in [-0.3, -0.25) is 24.1 Å². The van der Waals surface area contributed by atoms with Crippen LogP contribution in [0.2, 0.25) is 0 Å². The molecule has 3 N–H and O–H groups in total. The van der Waals surface area contributed by atoms with Crippen LogP contribution in [0.25, 0.3) is 0 Å². The van der Waals surface area contributed by atoms with Gasteiger partial charge >= 0.3 is 12.0 Å². The maximum atomic E-state index is 12.8. The number of hydrogen-bond donors (Lipinski definition) is 3. The first-order chi connectivity index (χ1) is 13.3. The fourth-order valence-electron chi connectivity index (χ4n) is 3.52. The maximum absolute atomic E-state index is 12.8. The van der Waals surface area contributed by atoms with Crippen molar-refractivity contribution >= 4 is 29.7 Å². The molecule has 2 fully saturated rings. The van der Waals surface area contributed by atoms with Gasteiger partial charge in [0.2, 0.25) is 5.91 Å². The van der Waals surface area contributed by atoms with Gasteiger partial charge in [-0.1, -0.05) is 26.7 Å². The number of carbonyl (C=O) groups excluding carboxylic acids is 5. The third-order valence-electron chi connectivity index (χ3n) is 5.17. The van der Waals surface area contributed by atoms with Crippen LogP contribution in [-0.4, -0.2) is 66.4 Å². The van der Waals surface area contributed by atoms with Gasteiger partial charge in [-0.05, 0) is 25.2 Å². The van der Waals surface area contributed by atoms with Gasteiger partial charge in [-0.2, -0.15) is 0 Å². The highest BCUT2D eigenvalue weighted by molar-refractivity contribution is 6.09. The van der Waals surface area contributed by atoms with Gasteiger partial charge in [0, 0.05) is 6.54 Å². The molecule has 1 aliphatic heterocycles. The summed E-state index contributed by atoms with van der Waals surface area (Å²) in [5.41, 5.74) is -0.946. The molecule has 1 saturated heterocycles. The predicted octanol–water partition coefficient (Wildman–Crippen LogP) is -0.327. The molecule has 10 nitrogen and oxygen atoms in total. The Balaban J connectivity index is 1.78. The number of urea groups is 1. The number of amides is 5. The largest absolute Gasteiger partial charge is 0.454 e. The molecule has 0 unspecified atom stereocenters. The first kappa shape index (κ1) is 21.6. The van der Waals surface area contributed by atoms with E-state index in [2.05, 4.69) is 16.0 Å². The third kappa shape index (κ3) is 4.99. The predicted molar refractivity (Wildman–Crippen MR) is 97.9 cm³/mol. The van der Waals surface area contributed by atoms with Crippen LogP contribution in [0.15, 0.2) is 0 Å².